The summed E-state index contributed by atoms with van der Waals surface area (Å²) in [4.78, 5) is 11.9. The van der Waals surface area contributed by atoms with Crippen molar-refractivity contribution in [2.24, 2.45) is 11.8 Å². The summed E-state index contributed by atoms with van der Waals surface area (Å²) < 4.78 is 26.4. The van der Waals surface area contributed by atoms with E-state index >= 15 is 0 Å². The van der Waals surface area contributed by atoms with Gasteiger partial charge < -0.3 is 0 Å². The largest absolute Gasteiger partial charge is 0.294 e. The first kappa shape index (κ1) is 15.2. The number of hydrogen-bond acceptors (Lipinski definition) is 3. The van der Waals surface area contributed by atoms with Crippen molar-refractivity contribution in [2.45, 2.75) is 31.6 Å². The van der Waals surface area contributed by atoms with Crippen molar-refractivity contribution in [3.05, 3.63) is 29.8 Å². The van der Waals surface area contributed by atoms with E-state index in [2.05, 4.69) is 6.92 Å². The third kappa shape index (κ3) is 3.10. The molecule has 2 atom stereocenters. The van der Waals surface area contributed by atoms with Crippen LogP contribution in [0.4, 0.5) is 0 Å². The number of nitrogens with zero attached hydrogens (tertiary/aromatic N) is 1. The summed E-state index contributed by atoms with van der Waals surface area (Å²) in [6.45, 7) is 4.45. The second-order valence-electron chi connectivity index (χ2n) is 5.56. The summed E-state index contributed by atoms with van der Waals surface area (Å²) in [6, 6.07) is 6.32. The highest BCUT2D eigenvalue weighted by atomic mass is 32.2. The van der Waals surface area contributed by atoms with E-state index in [-0.39, 0.29) is 10.7 Å². The quantitative estimate of drug-likeness (QED) is 0.758. The fourth-order valence-electron chi connectivity index (χ4n) is 2.30. The zero-order valence-electron chi connectivity index (χ0n) is 12.2. The monoisotopic (exact) mass is 295 g/mol. The smallest absolute Gasteiger partial charge is 0.242 e. The Hall–Kier alpha value is -1.20. The molecular formula is C15H21NO3S. The lowest BCUT2D eigenvalue weighted by Gasteiger charge is -2.17. The molecule has 5 heteroatoms. The number of benzene rings is 1. The SMILES string of the molecule is CCC(=O)c1cccc(S(=O)(=O)N(C)CC2CC2C)c1. The highest BCUT2D eigenvalue weighted by molar-refractivity contribution is 7.89. The van der Waals surface area contributed by atoms with Crippen LogP contribution >= 0.6 is 0 Å². The molecule has 1 aromatic carbocycles. The van der Waals surface area contributed by atoms with Crippen molar-refractivity contribution in [1.82, 2.24) is 4.31 Å². The van der Waals surface area contributed by atoms with E-state index in [1.165, 1.54) is 10.4 Å². The maximum atomic E-state index is 12.5. The Balaban J connectivity index is 2.22. The molecule has 1 saturated carbocycles. The summed E-state index contributed by atoms with van der Waals surface area (Å²) in [6.07, 6.45) is 1.47. The van der Waals surface area contributed by atoms with Gasteiger partial charge in [0.2, 0.25) is 10.0 Å². The minimum atomic E-state index is -3.50. The predicted octanol–water partition coefficient (Wildman–Crippen LogP) is 2.56. The molecule has 1 aliphatic carbocycles. The van der Waals surface area contributed by atoms with Gasteiger partial charge in [-0.2, -0.15) is 0 Å². The first-order chi connectivity index (χ1) is 9.36. The lowest BCUT2D eigenvalue weighted by molar-refractivity contribution is 0.0988. The Kier molecular flexibility index (Phi) is 4.30. The van der Waals surface area contributed by atoms with Gasteiger partial charge in [-0.15, -0.1) is 0 Å². The average Bonchev–Trinajstić information content (AvgIpc) is 3.13. The molecule has 0 bridgehead atoms. The molecule has 110 valence electrons. The number of carbonyl (C=O) groups is 1. The molecule has 1 fully saturated rings. The topological polar surface area (TPSA) is 54.5 Å². The molecule has 2 rings (SSSR count). The number of hydrogen-bond donors (Lipinski definition) is 0. The predicted molar refractivity (Wildman–Crippen MR) is 78.2 cm³/mol. The van der Waals surface area contributed by atoms with E-state index in [4.69, 9.17) is 0 Å². The zero-order chi connectivity index (χ0) is 14.9. The molecule has 0 radical (unpaired) electrons. The van der Waals surface area contributed by atoms with Gasteiger partial charge in [0, 0.05) is 25.6 Å². The first-order valence-electron chi connectivity index (χ1n) is 6.96. The van der Waals surface area contributed by atoms with Crippen molar-refractivity contribution in [3.63, 3.8) is 0 Å². The van der Waals surface area contributed by atoms with Crippen molar-refractivity contribution >= 4 is 15.8 Å². The molecule has 20 heavy (non-hydrogen) atoms. The van der Waals surface area contributed by atoms with Crippen LogP contribution in [-0.4, -0.2) is 32.1 Å². The molecule has 0 aliphatic heterocycles. The highest BCUT2D eigenvalue weighted by Crippen LogP contribution is 2.38. The Morgan fingerprint density at radius 2 is 2.05 bits per heavy atom. The van der Waals surface area contributed by atoms with Crippen LogP contribution in [0.3, 0.4) is 0 Å². The third-order valence-electron chi connectivity index (χ3n) is 3.95. The highest BCUT2D eigenvalue weighted by Gasteiger charge is 2.36. The first-order valence-corrected chi connectivity index (χ1v) is 8.40. The second kappa shape index (κ2) is 5.66. The number of rotatable bonds is 6. The van der Waals surface area contributed by atoms with Gasteiger partial charge in [0.25, 0.3) is 0 Å². The maximum absolute atomic E-state index is 12.5. The summed E-state index contributed by atoms with van der Waals surface area (Å²) in [7, 11) is -1.89. The molecule has 0 N–H and O–H groups in total. The lowest BCUT2D eigenvalue weighted by Crippen LogP contribution is -2.29. The van der Waals surface area contributed by atoms with Crippen LogP contribution < -0.4 is 0 Å². The summed E-state index contributed by atoms with van der Waals surface area (Å²) in [5.74, 6) is 1.04. The number of ketones is 1. The van der Waals surface area contributed by atoms with Gasteiger partial charge in [-0.25, -0.2) is 12.7 Å². The molecule has 0 saturated heterocycles. The maximum Gasteiger partial charge on any atom is 0.242 e. The van der Waals surface area contributed by atoms with Gasteiger partial charge in [-0.05, 0) is 30.4 Å². The van der Waals surface area contributed by atoms with Crippen LogP contribution in [0.2, 0.25) is 0 Å². The van der Waals surface area contributed by atoms with Crippen LogP contribution in [-0.2, 0) is 10.0 Å². The summed E-state index contributed by atoms with van der Waals surface area (Å²) in [5.41, 5.74) is 0.460. The Morgan fingerprint density at radius 3 is 2.60 bits per heavy atom. The standard InChI is InChI=1S/C15H21NO3S/c1-4-15(17)12-6-5-7-14(9-12)20(18,19)16(3)10-13-8-11(13)2/h5-7,9,11,13H,4,8,10H2,1-3H3. The molecule has 1 aliphatic rings. The van der Waals surface area contributed by atoms with Gasteiger partial charge in [0.15, 0.2) is 5.78 Å². The van der Waals surface area contributed by atoms with Crippen LogP contribution in [0, 0.1) is 11.8 Å². The van der Waals surface area contributed by atoms with E-state index in [1.807, 2.05) is 0 Å². The van der Waals surface area contributed by atoms with Crippen molar-refractivity contribution in [1.29, 1.82) is 0 Å². The van der Waals surface area contributed by atoms with Crippen molar-refractivity contribution in [2.75, 3.05) is 13.6 Å². The van der Waals surface area contributed by atoms with Gasteiger partial charge in [0.1, 0.15) is 0 Å². The van der Waals surface area contributed by atoms with Gasteiger partial charge in [-0.3, -0.25) is 4.79 Å². The van der Waals surface area contributed by atoms with Gasteiger partial charge in [0.05, 0.1) is 4.90 Å². The molecule has 4 nitrogen and oxygen atoms in total. The number of carbonyl (C=O) groups excluding carboxylic acids is 1. The molecule has 0 spiro atoms. The number of sulfonamides is 1. The average molecular weight is 295 g/mol. The van der Waals surface area contributed by atoms with E-state index in [0.29, 0.717) is 30.4 Å². The molecule has 0 amide bonds. The van der Waals surface area contributed by atoms with Gasteiger partial charge in [-0.1, -0.05) is 26.0 Å². The fraction of sp³-hybridized carbons (Fsp3) is 0.533. The third-order valence-corrected chi connectivity index (χ3v) is 5.77. The van der Waals surface area contributed by atoms with Crippen LogP contribution in [0.1, 0.15) is 37.0 Å². The van der Waals surface area contributed by atoms with E-state index in [9.17, 15) is 13.2 Å². The van der Waals surface area contributed by atoms with E-state index in [0.717, 1.165) is 6.42 Å². The van der Waals surface area contributed by atoms with E-state index < -0.39 is 10.0 Å². The minimum Gasteiger partial charge on any atom is -0.294 e. The molecule has 0 heterocycles. The fourth-order valence-corrected chi connectivity index (χ4v) is 3.57. The van der Waals surface area contributed by atoms with E-state index in [1.54, 1.807) is 32.2 Å². The zero-order valence-corrected chi connectivity index (χ0v) is 13.0. The number of Topliss-reactive ketones (excluding diaryl/α,β-unsaturated/α-hetero) is 1. The lowest BCUT2D eigenvalue weighted by atomic mass is 10.1. The van der Waals surface area contributed by atoms with Crippen LogP contribution in [0.15, 0.2) is 29.2 Å². The second-order valence-corrected chi connectivity index (χ2v) is 7.61. The minimum absolute atomic E-state index is 0.0412. The molecule has 1 aromatic rings. The van der Waals surface area contributed by atoms with Gasteiger partial charge >= 0.3 is 0 Å². The molecular weight excluding hydrogens is 274 g/mol. The summed E-state index contributed by atoms with van der Waals surface area (Å²) in [5, 5.41) is 0. The van der Waals surface area contributed by atoms with Crippen molar-refractivity contribution < 1.29 is 13.2 Å². The van der Waals surface area contributed by atoms with Crippen LogP contribution in [0.5, 0.6) is 0 Å². The normalized spacial score (nSPS) is 22.0. The van der Waals surface area contributed by atoms with Crippen molar-refractivity contribution in [3.8, 4) is 0 Å². The molecule has 0 aromatic heterocycles. The Labute approximate surface area is 120 Å². The summed E-state index contributed by atoms with van der Waals surface area (Å²) >= 11 is 0. The Morgan fingerprint density at radius 1 is 1.40 bits per heavy atom. The van der Waals surface area contributed by atoms with Crippen LogP contribution in [0.25, 0.3) is 0 Å². The molecule has 2 unspecified atom stereocenters. The Bertz CT molecular complexity index is 609.